The first-order valence-electron chi connectivity index (χ1n) is 5.86. The van der Waals surface area contributed by atoms with Crippen molar-refractivity contribution in [2.24, 2.45) is 0 Å². The van der Waals surface area contributed by atoms with Crippen molar-refractivity contribution >= 4 is 11.8 Å². The lowest BCUT2D eigenvalue weighted by Crippen LogP contribution is -2.16. The third-order valence-corrected chi connectivity index (χ3v) is 2.42. The van der Waals surface area contributed by atoms with Crippen LogP contribution in [0.4, 0.5) is 10.1 Å². The highest BCUT2D eigenvalue weighted by Gasteiger charge is 2.09. The summed E-state index contributed by atoms with van der Waals surface area (Å²) < 4.78 is 13.5. The molecule has 0 aromatic heterocycles. The van der Waals surface area contributed by atoms with Gasteiger partial charge in [0, 0.05) is 24.2 Å². The van der Waals surface area contributed by atoms with Crippen LogP contribution in [0, 0.1) is 15.9 Å². The standard InChI is InChI=1S/C13H17FN2O2/c1-3-6-15-9-10(2)7-11-8-12(16(17)18)4-5-13(11)14/h4-5,7-8,15H,3,6,9H2,1-2H3/b10-7+. The fraction of sp³-hybridized carbons (Fsp3) is 0.385. The summed E-state index contributed by atoms with van der Waals surface area (Å²) in [6, 6.07) is 3.53. The highest BCUT2D eigenvalue weighted by Crippen LogP contribution is 2.19. The van der Waals surface area contributed by atoms with Gasteiger partial charge in [-0.2, -0.15) is 0 Å². The third kappa shape index (κ3) is 4.25. The highest BCUT2D eigenvalue weighted by molar-refractivity contribution is 5.56. The van der Waals surface area contributed by atoms with Crippen molar-refractivity contribution in [3.63, 3.8) is 0 Å². The second-order valence-electron chi connectivity index (χ2n) is 4.13. The van der Waals surface area contributed by atoms with Crippen LogP contribution in [0.5, 0.6) is 0 Å². The molecule has 0 aliphatic rings. The number of benzene rings is 1. The molecule has 1 rings (SSSR count). The summed E-state index contributed by atoms with van der Waals surface area (Å²) in [6.45, 7) is 5.46. The van der Waals surface area contributed by atoms with Crippen molar-refractivity contribution in [1.29, 1.82) is 0 Å². The monoisotopic (exact) mass is 252 g/mol. The van der Waals surface area contributed by atoms with E-state index in [1.807, 2.05) is 6.92 Å². The van der Waals surface area contributed by atoms with Gasteiger partial charge in [0.05, 0.1) is 4.92 Å². The van der Waals surface area contributed by atoms with Gasteiger partial charge in [-0.3, -0.25) is 10.1 Å². The number of hydrogen-bond acceptors (Lipinski definition) is 3. The summed E-state index contributed by atoms with van der Waals surface area (Å²) in [7, 11) is 0. The van der Waals surface area contributed by atoms with Crippen molar-refractivity contribution in [3.8, 4) is 0 Å². The number of nitro benzene ring substituents is 1. The Labute approximate surface area is 106 Å². The van der Waals surface area contributed by atoms with E-state index < -0.39 is 10.7 Å². The maximum atomic E-state index is 13.5. The van der Waals surface area contributed by atoms with Crippen LogP contribution in [0.2, 0.25) is 0 Å². The Balaban J connectivity index is 2.84. The lowest BCUT2D eigenvalue weighted by Gasteiger charge is -2.04. The van der Waals surface area contributed by atoms with Crippen LogP contribution in [0.15, 0.2) is 23.8 Å². The van der Waals surface area contributed by atoms with E-state index in [1.54, 1.807) is 6.08 Å². The Morgan fingerprint density at radius 3 is 2.89 bits per heavy atom. The molecular weight excluding hydrogens is 235 g/mol. The van der Waals surface area contributed by atoms with E-state index in [-0.39, 0.29) is 11.3 Å². The minimum absolute atomic E-state index is 0.100. The zero-order chi connectivity index (χ0) is 13.5. The number of nitrogens with zero attached hydrogens (tertiary/aromatic N) is 1. The molecule has 18 heavy (non-hydrogen) atoms. The maximum absolute atomic E-state index is 13.5. The summed E-state index contributed by atoms with van der Waals surface area (Å²) in [6.07, 6.45) is 2.66. The summed E-state index contributed by atoms with van der Waals surface area (Å²) in [5.41, 5.74) is 1.08. The fourth-order valence-electron chi connectivity index (χ4n) is 1.53. The van der Waals surface area contributed by atoms with Gasteiger partial charge < -0.3 is 5.32 Å². The van der Waals surface area contributed by atoms with Crippen LogP contribution in [-0.4, -0.2) is 18.0 Å². The number of non-ortho nitro benzene ring substituents is 1. The summed E-state index contributed by atoms with van der Waals surface area (Å²) in [4.78, 5) is 10.1. The first kappa shape index (κ1) is 14.3. The van der Waals surface area contributed by atoms with Crippen molar-refractivity contribution in [2.45, 2.75) is 20.3 Å². The number of hydrogen-bond donors (Lipinski definition) is 1. The number of halogens is 1. The predicted octanol–water partition coefficient (Wildman–Crippen LogP) is 3.14. The molecule has 0 fully saturated rings. The normalized spacial score (nSPS) is 11.6. The smallest absolute Gasteiger partial charge is 0.270 e. The third-order valence-electron chi connectivity index (χ3n) is 2.42. The van der Waals surface area contributed by atoms with Crippen LogP contribution in [0.3, 0.4) is 0 Å². The van der Waals surface area contributed by atoms with E-state index in [0.717, 1.165) is 30.7 Å². The second-order valence-corrected chi connectivity index (χ2v) is 4.13. The number of nitro groups is 1. The molecule has 5 heteroatoms. The van der Waals surface area contributed by atoms with Gasteiger partial charge in [-0.25, -0.2) is 4.39 Å². The average molecular weight is 252 g/mol. The molecule has 0 spiro atoms. The molecule has 0 unspecified atom stereocenters. The highest BCUT2D eigenvalue weighted by atomic mass is 19.1. The summed E-state index contributed by atoms with van der Waals surface area (Å²) in [5.74, 6) is -0.449. The Morgan fingerprint density at radius 1 is 1.56 bits per heavy atom. The van der Waals surface area contributed by atoms with Gasteiger partial charge in [-0.1, -0.05) is 18.6 Å². The minimum Gasteiger partial charge on any atom is -0.313 e. The van der Waals surface area contributed by atoms with Crippen LogP contribution in [0.1, 0.15) is 25.8 Å². The van der Waals surface area contributed by atoms with Gasteiger partial charge in [0.25, 0.3) is 5.69 Å². The summed E-state index contributed by atoms with van der Waals surface area (Å²) in [5, 5.41) is 13.8. The molecule has 4 nitrogen and oxygen atoms in total. The Bertz CT molecular complexity index is 458. The Morgan fingerprint density at radius 2 is 2.28 bits per heavy atom. The van der Waals surface area contributed by atoms with Gasteiger partial charge in [0.15, 0.2) is 0 Å². The quantitative estimate of drug-likeness (QED) is 0.480. The molecule has 0 atom stereocenters. The van der Waals surface area contributed by atoms with Crippen LogP contribution in [-0.2, 0) is 0 Å². The van der Waals surface area contributed by atoms with E-state index in [0.29, 0.717) is 6.54 Å². The number of nitrogens with one attached hydrogen (secondary N) is 1. The maximum Gasteiger partial charge on any atom is 0.270 e. The van der Waals surface area contributed by atoms with Gasteiger partial charge in [0.1, 0.15) is 5.82 Å². The lowest BCUT2D eigenvalue weighted by atomic mass is 10.1. The molecule has 0 bridgehead atoms. The molecule has 0 saturated heterocycles. The average Bonchev–Trinajstić information content (AvgIpc) is 2.32. The number of rotatable bonds is 6. The van der Waals surface area contributed by atoms with Crippen molar-refractivity contribution in [3.05, 3.63) is 45.3 Å². The molecule has 98 valence electrons. The molecule has 0 saturated carbocycles. The molecule has 0 heterocycles. The van der Waals surface area contributed by atoms with Crippen molar-refractivity contribution in [2.75, 3.05) is 13.1 Å². The Hall–Kier alpha value is -1.75. The van der Waals surface area contributed by atoms with E-state index >= 15 is 0 Å². The molecule has 1 N–H and O–H groups in total. The topological polar surface area (TPSA) is 55.2 Å². The van der Waals surface area contributed by atoms with E-state index in [4.69, 9.17) is 0 Å². The van der Waals surface area contributed by atoms with Crippen LogP contribution < -0.4 is 5.32 Å². The Kier molecular flexibility index (Phi) is 5.45. The van der Waals surface area contributed by atoms with Gasteiger partial charge in [-0.15, -0.1) is 0 Å². The predicted molar refractivity (Wildman–Crippen MR) is 69.9 cm³/mol. The molecule has 1 aromatic rings. The first-order chi connectivity index (χ1) is 8.54. The summed E-state index contributed by atoms with van der Waals surface area (Å²) >= 11 is 0. The van der Waals surface area contributed by atoms with E-state index in [2.05, 4.69) is 12.2 Å². The zero-order valence-corrected chi connectivity index (χ0v) is 10.6. The molecular formula is C13H17FN2O2. The molecule has 0 aliphatic carbocycles. The van der Waals surface area contributed by atoms with E-state index in [9.17, 15) is 14.5 Å². The zero-order valence-electron chi connectivity index (χ0n) is 10.6. The van der Waals surface area contributed by atoms with Crippen LogP contribution >= 0.6 is 0 Å². The molecule has 1 aromatic carbocycles. The van der Waals surface area contributed by atoms with Crippen molar-refractivity contribution in [1.82, 2.24) is 5.32 Å². The fourth-order valence-corrected chi connectivity index (χ4v) is 1.53. The second kappa shape index (κ2) is 6.86. The van der Waals surface area contributed by atoms with Gasteiger partial charge in [-0.05, 0) is 26.0 Å². The SMILES string of the molecule is CCCNC/C(C)=C/c1cc([N+](=O)[O-])ccc1F. The minimum atomic E-state index is -0.526. The van der Waals surface area contributed by atoms with Gasteiger partial charge >= 0.3 is 0 Å². The van der Waals surface area contributed by atoms with E-state index in [1.165, 1.54) is 6.07 Å². The van der Waals surface area contributed by atoms with Crippen molar-refractivity contribution < 1.29 is 9.31 Å². The first-order valence-corrected chi connectivity index (χ1v) is 5.86. The molecule has 0 amide bonds. The molecule has 0 radical (unpaired) electrons. The lowest BCUT2D eigenvalue weighted by molar-refractivity contribution is -0.384. The largest absolute Gasteiger partial charge is 0.313 e. The van der Waals surface area contributed by atoms with Crippen LogP contribution in [0.25, 0.3) is 6.08 Å². The molecule has 0 aliphatic heterocycles. The van der Waals surface area contributed by atoms with Gasteiger partial charge in [0.2, 0.25) is 0 Å².